The van der Waals surface area contributed by atoms with Gasteiger partial charge >= 0.3 is 6.11 Å². The minimum absolute atomic E-state index is 0.0689. The molecule has 0 aromatic heterocycles. The molecule has 1 atom stereocenters. The second-order valence-electron chi connectivity index (χ2n) is 8.54. The second-order valence-corrected chi connectivity index (χ2v) is 8.54. The lowest BCUT2D eigenvalue weighted by Crippen LogP contribution is -2.36. The lowest BCUT2D eigenvalue weighted by atomic mass is 9.85. The van der Waals surface area contributed by atoms with Crippen LogP contribution in [0, 0.1) is 40.9 Å². The molecule has 1 aliphatic heterocycles. The first-order valence-corrected chi connectivity index (χ1v) is 10.7. The highest BCUT2D eigenvalue weighted by molar-refractivity contribution is 5.67. The molecule has 0 spiro atoms. The van der Waals surface area contributed by atoms with Gasteiger partial charge in [-0.1, -0.05) is 13.0 Å². The Morgan fingerprint density at radius 2 is 1.47 bits per heavy atom. The maximum absolute atomic E-state index is 14.6. The fourth-order valence-corrected chi connectivity index (χ4v) is 4.08. The summed E-state index contributed by atoms with van der Waals surface area (Å²) in [5, 5.41) is 0. The summed E-state index contributed by atoms with van der Waals surface area (Å²) in [6.07, 6.45) is -1.63. The van der Waals surface area contributed by atoms with Gasteiger partial charge in [0.2, 0.25) is 0 Å². The average molecular weight is 490 g/mol. The number of rotatable bonds is 5. The largest absolute Gasteiger partial charge is 0.432 e. The zero-order valence-electron chi connectivity index (χ0n) is 18.0. The fourth-order valence-electron chi connectivity index (χ4n) is 4.08. The van der Waals surface area contributed by atoms with Crippen LogP contribution in [-0.2, 0) is 15.6 Å². The van der Waals surface area contributed by atoms with Gasteiger partial charge in [0.15, 0.2) is 23.7 Å². The Bertz CT molecular complexity index is 1050. The summed E-state index contributed by atoms with van der Waals surface area (Å²) in [5.74, 6) is -9.43. The Morgan fingerprint density at radius 3 is 2.00 bits per heavy atom. The molecule has 2 aliphatic rings. The van der Waals surface area contributed by atoms with Crippen molar-refractivity contribution in [2.24, 2.45) is 11.8 Å². The molecule has 3 nitrogen and oxygen atoms in total. The molecular formula is C24H21F7O3. The number of benzene rings is 2. The van der Waals surface area contributed by atoms with E-state index in [1.807, 2.05) is 6.92 Å². The SMILES string of the molecule is CC1COC(C2CC=C(c3cc(F)c(C(F)(F)Oc4cc(F)c(F)c(F)c4)c(F)c3)CC2)OC1. The quantitative estimate of drug-likeness (QED) is 0.345. The van der Waals surface area contributed by atoms with Crippen LogP contribution < -0.4 is 4.74 Å². The summed E-state index contributed by atoms with van der Waals surface area (Å²) in [4.78, 5) is 0. The summed E-state index contributed by atoms with van der Waals surface area (Å²) in [6, 6.07) is 1.81. The van der Waals surface area contributed by atoms with Crippen molar-refractivity contribution in [2.45, 2.75) is 38.6 Å². The highest BCUT2D eigenvalue weighted by Gasteiger charge is 2.42. The summed E-state index contributed by atoms with van der Waals surface area (Å²) < 4.78 is 113. The molecule has 0 N–H and O–H groups in total. The lowest BCUT2D eigenvalue weighted by Gasteiger charge is -2.34. The summed E-state index contributed by atoms with van der Waals surface area (Å²) in [6.45, 7) is 3.18. The smallest absolute Gasteiger partial charge is 0.429 e. The predicted octanol–water partition coefficient (Wildman–Crippen LogP) is 6.70. The first kappa shape index (κ1) is 24.5. The third-order valence-electron chi connectivity index (χ3n) is 5.83. The van der Waals surface area contributed by atoms with E-state index in [-0.39, 0.29) is 29.9 Å². The normalized spacial score (nSPS) is 23.5. The molecule has 0 bridgehead atoms. The van der Waals surface area contributed by atoms with Crippen LogP contribution in [-0.4, -0.2) is 19.5 Å². The second kappa shape index (κ2) is 9.58. The summed E-state index contributed by atoms with van der Waals surface area (Å²) in [5.41, 5.74) is -1.06. The van der Waals surface area contributed by atoms with Crippen LogP contribution in [0.5, 0.6) is 5.75 Å². The van der Waals surface area contributed by atoms with E-state index in [9.17, 15) is 30.7 Å². The minimum atomic E-state index is -4.62. The summed E-state index contributed by atoms with van der Waals surface area (Å²) >= 11 is 0. The molecule has 1 unspecified atom stereocenters. The molecule has 0 amide bonds. The fraction of sp³-hybridized carbons (Fsp3) is 0.417. The van der Waals surface area contributed by atoms with Crippen molar-refractivity contribution in [1.82, 2.24) is 0 Å². The molecular weight excluding hydrogens is 469 g/mol. The maximum Gasteiger partial charge on any atom is 0.432 e. The average Bonchev–Trinajstić information content (AvgIpc) is 2.77. The Balaban J connectivity index is 1.52. The van der Waals surface area contributed by atoms with E-state index >= 15 is 0 Å². The van der Waals surface area contributed by atoms with E-state index in [1.54, 1.807) is 6.08 Å². The van der Waals surface area contributed by atoms with E-state index in [0.29, 0.717) is 44.0 Å². The molecule has 4 rings (SSSR count). The van der Waals surface area contributed by atoms with Crippen molar-refractivity contribution in [1.29, 1.82) is 0 Å². The molecule has 0 saturated carbocycles. The van der Waals surface area contributed by atoms with E-state index in [4.69, 9.17) is 9.47 Å². The van der Waals surface area contributed by atoms with Crippen LogP contribution in [0.4, 0.5) is 30.7 Å². The standard InChI is InChI=1S/C24H21F7O3/c1-12-10-32-23(33-11-12)14-4-2-13(3-5-14)15-6-17(25)21(18(26)7-15)24(30,31)34-16-8-19(27)22(29)20(28)9-16/h2,6-9,12,14,23H,3-5,10-11H2,1H3. The van der Waals surface area contributed by atoms with Crippen LogP contribution in [0.25, 0.3) is 5.57 Å². The molecule has 34 heavy (non-hydrogen) atoms. The molecule has 10 heteroatoms. The Kier molecular flexibility index (Phi) is 6.91. The number of halogens is 7. The number of hydrogen-bond acceptors (Lipinski definition) is 3. The molecule has 2 aromatic carbocycles. The van der Waals surface area contributed by atoms with Crippen LogP contribution in [0.2, 0.25) is 0 Å². The van der Waals surface area contributed by atoms with Crippen LogP contribution in [0.15, 0.2) is 30.3 Å². The van der Waals surface area contributed by atoms with Gasteiger partial charge in [-0.25, -0.2) is 22.0 Å². The Hall–Kier alpha value is -2.59. The van der Waals surface area contributed by atoms with Gasteiger partial charge in [-0.05, 0) is 42.5 Å². The summed E-state index contributed by atoms with van der Waals surface area (Å²) in [7, 11) is 0. The molecule has 0 radical (unpaired) electrons. The molecule has 1 aliphatic carbocycles. The van der Waals surface area contributed by atoms with E-state index in [1.165, 1.54) is 0 Å². The van der Waals surface area contributed by atoms with Crippen molar-refractivity contribution >= 4 is 5.57 Å². The van der Waals surface area contributed by atoms with Gasteiger partial charge in [0, 0.05) is 24.0 Å². The lowest BCUT2D eigenvalue weighted by molar-refractivity contribution is -0.222. The van der Waals surface area contributed by atoms with Gasteiger partial charge in [0.05, 0.1) is 13.2 Å². The first-order valence-electron chi connectivity index (χ1n) is 10.7. The van der Waals surface area contributed by atoms with Crippen molar-refractivity contribution in [3.05, 3.63) is 70.6 Å². The van der Waals surface area contributed by atoms with Gasteiger partial charge in [-0.3, -0.25) is 0 Å². The van der Waals surface area contributed by atoms with Crippen molar-refractivity contribution in [3.8, 4) is 5.75 Å². The van der Waals surface area contributed by atoms with Gasteiger partial charge in [0.1, 0.15) is 22.9 Å². The van der Waals surface area contributed by atoms with E-state index in [0.717, 1.165) is 12.1 Å². The minimum Gasteiger partial charge on any atom is -0.429 e. The predicted molar refractivity (Wildman–Crippen MR) is 107 cm³/mol. The third kappa shape index (κ3) is 5.07. The molecule has 1 saturated heterocycles. The van der Waals surface area contributed by atoms with Crippen LogP contribution in [0.3, 0.4) is 0 Å². The van der Waals surface area contributed by atoms with Crippen molar-refractivity contribution in [3.63, 3.8) is 0 Å². The van der Waals surface area contributed by atoms with E-state index in [2.05, 4.69) is 4.74 Å². The maximum atomic E-state index is 14.6. The zero-order chi connectivity index (χ0) is 24.6. The van der Waals surface area contributed by atoms with Crippen LogP contribution >= 0.6 is 0 Å². The highest BCUT2D eigenvalue weighted by atomic mass is 19.3. The number of hydrogen-bond donors (Lipinski definition) is 0. The molecule has 1 fully saturated rings. The van der Waals surface area contributed by atoms with Crippen molar-refractivity contribution in [2.75, 3.05) is 13.2 Å². The van der Waals surface area contributed by atoms with E-state index < -0.39 is 46.5 Å². The number of allylic oxidation sites excluding steroid dienone is 2. The van der Waals surface area contributed by atoms with Gasteiger partial charge in [-0.2, -0.15) is 8.78 Å². The van der Waals surface area contributed by atoms with Gasteiger partial charge in [-0.15, -0.1) is 0 Å². The number of ether oxygens (including phenoxy) is 3. The monoisotopic (exact) mass is 490 g/mol. The molecule has 1 heterocycles. The zero-order valence-corrected chi connectivity index (χ0v) is 18.0. The first-order chi connectivity index (χ1) is 16.0. The topological polar surface area (TPSA) is 27.7 Å². The Morgan fingerprint density at radius 1 is 0.882 bits per heavy atom. The highest BCUT2D eigenvalue weighted by Crippen LogP contribution is 2.39. The molecule has 184 valence electrons. The third-order valence-corrected chi connectivity index (χ3v) is 5.83. The van der Waals surface area contributed by atoms with Crippen LogP contribution in [0.1, 0.15) is 37.3 Å². The van der Waals surface area contributed by atoms with Crippen molar-refractivity contribution < 1.29 is 44.9 Å². The molecule has 2 aromatic rings. The van der Waals surface area contributed by atoms with Gasteiger partial charge in [0.25, 0.3) is 0 Å². The number of alkyl halides is 2. The van der Waals surface area contributed by atoms with Gasteiger partial charge < -0.3 is 14.2 Å². The Labute approximate surface area is 191 Å².